The van der Waals surface area contributed by atoms with Gasteiger partial charge in [-0.3, -0.25) is 4.79 Å². The van der Waals surface area contributed by atoms with Gasteiger partial charge in [0.25, 0.3) is 0 Å². The minimum Gasteiger partial charge on any atom is -0.481 e. The quantitative estimate of drug-likeness (QED) is 0.767. The van der Waals surface area contributed by atoms with Crippen LogP contribution in [-0.4, -0.2) is 46.8 Å². The summed E-state index contributed by atoms with van der Waals surface area (Å²) < 4.78 is 0. The molecule has 0 spiro atoms. The largest absolute Gasteiger partial charge is 0.481 e. The molecule has 0 aliphatic heterocycles. The number of carboxylic acid groups (broad SMARTS) is 1. The van der Waals surface area contributed by atoms with E-state index < -0.39 is 11.6 Å². The van der Waals surface area contributed by atoms with Crippen molar-refractivity contribution in [1.82, 2.24) is 4.90 Å². The summed E-state index contributed by atoms with van der Waals surface area (Å²) in [5.41, 5.74) is -0.796. The summed E-state index contributed by atoms with van der Waals surface area (Å²) in [6, 6.07) is 2.17. The predicted octanol–water partition coefficient (Wildman–Crippen LogP) is 1.08. The standard InChI is InChI=1S/C13H22N2O3/c1-10(7-14)8-15(2)9-13(18)5-3-11(4-6-13)12(16)17/h10-11,18H,3-6,8-9H2,1-2H3,(H,16,17). The molecule has 0 aromatic rings. The molecule has 2 N–H and O–H groups in total. The second kappa shape index (κ2) is 6.17. The number of nitriles is 1. The van der Waals surface area contributed by atoms with Gasteiger partial charge in [0.1, 0.15) is 0 Å². The molecular formula is C13H22N2O3. The molecule has 102 valence electrons. The molecule has 1 aliphatic rings. The molecule has 5 heteroatoms. The zero-order valence-electron chi connectivity index (χ0n) is 11.1. The van der Waals surface area contributed by atoms with Crippen molar-refractivity contribution in [1.29, 1.82) is 5.26 Å². The van der Waals surface area contributed by atoms with E-state index >= 15 is 0 Å². The van der Waals surface area contributed by atoms with E-state index in [1.807, 2.05) is 18.9 Å². The molecule has 1 atom stereocenters. The molecule has 0 bridgehead atoms. The Hall–Kier alpha value is -1.12. The van der Waals surface area contributed by atoms with Crippen LogP contribution >= 0.6 is 0 Å². The van der Waals surface area contributed by atoms with Crippen molar-refractivity contribution in [2.24, 2.45) is 11.8 Å². The third-order valence-corrected chi connectivity index (χ3v) is 3.64. The fraction of sp³-hybridized carbons (Fsp3) is 0.846. The Bertz CT molecular complexity index is 330. The van der Waals surface area contributed by atoms with E-state index in [2.05, 4.69) is 6.07 Å². The van der Waals surface area contributed by atoms with Crippen molar-refractivity contribution < 1.29 is 15.0 Å². The monoisotopic (exact) mass is 254 g/mol. The van der Waals surface area contributed by atoms with Crippen molar-refractivity contribution in [3.05, 3.63) is 0 Å². The first-order valence-electron chi connectivity index (χ1n) is 6.39. The van der Waals surface area contributed by atoms with Gasteiger partial charge in [0.2, 0.25) is 0 Å². The van der Waals surface area contributed by atoms with E-state index in [1.165, 1.54) is 0 Å². The molecule has 0 amide bonds. The van der Waals surface area contributed by atoms with Crippen LogP contribution in [0.2, 0.25) is 0 Å². The molecular weight excluding hydrogens is 232 g/mol. The number of aliphatic carboxylic acids is 1. The molecule has 1 rings (SSSR count). The van der Waals surface area contributed by atoms with Crippen molar-refractivity contribution >= 4 is 5.97 Å². The maximum absolute atomic E-state index is 10.8. The summed E-state index contributed by atoms with van der Waals surface area (Å²) in [6.45, 7) is 2.98. The van der Waals surface area contributed by atoms with Gasteiger partial charge in [0, 0.05) is 13.1 Å². The zero-order chi connectivity index (χ0) is 13.8. The highest BCUT2D eigenvalue weighted by atomic mass is 16.4. The lowest BCUT2D eigenvalue weighted by atomic mass is 9.78. The van der Waals surface area contributed by atoms with Crippen LogP contribution in [0, 0.1) is 23.2 Å². The van der Waals surface area contributed by atoms with Crippen molar-refractivity contribution in [3.63, 3.8) is 0 Å². The Kier molecular flexibility index (Phi) is 5.12. The van der Waals surface area contributed by atoms with E-state index in [-0.39, 0.29) is 11.8 Å². The smallest absolute Gasteiger partial charge is 0.306 e. The lowest BCUT2D eigenvalue weighted by molar-refractivity contribution is -0.145. The van der Waals surface area contributed by atoms with Crippen LogP contribution in [0.15, 0.2) is 0 Å². The van der Waals surface area contributed by atoms with Gasteiger partial charge in [0.05, 0.1) is 23.5 Å². The summed E-state index contributed by atoms with van der Waals surface area (Å²) in [7, 11) is 1.88. The first-order valence-corrected chi connectivity index (χ1v) is 6.39. The summed E-state index contributed by atoms with van der Waals surface area (Å²) in [6.07, 6.45) is 2.12. The van der Waals surface area contributed by atoms with Gasteiger partial charge in [0.15, 0.2) is 0 Å². The van der Waals surface area contributed by atoms with Crippen LogP contribution in [0.4, 0.5) is 0 Å². The fourth-order valence-electron chi connectivity index (χ4n) is 2.64. The van der Waals surface area contributed by atoms with Crippen molar-refractivity contribution in [2.75, 3.05) is 20.1 Å². The number of hydrogen-bond acceptors (Lipinski definition) is 4. The first kappa shape index (κ1) is 14.9. The third-order valence-electron chi connectivity index (χ3n) is 3.64. The maximum Gasteiger partial charge on any atom is 0.306 e. The van der Waals surface area contributed by atoms with Crippen LogP contribution in [0.3, 0.4) is 0 Å². The lowest BCUT2D eigenvalue weighted by Crippen LogP contribution is -2.45. The Morgan fingerprint density at radius 3 is 2.56 bits per heavy atom. The lowest BCUT2D eigenvalue weighted by Gasteiger charge is -2.37. The minimum atomic E-state index is -0.796. The first-order chi connectivity index (χ1) is 8.36. The Balaban J connectivity index is 2.43. The molecule has 1 saturated carbocycles. The van der Waals surface area contributed by atoms with Gasteiger partial charge in [-0.15, -0.1) is 0 Å². The number of carboxylic acids is 1. The Morgan fingerprint density at radius 2 is 2.11 bits per heavy atom. The number of aliphatic hydroxyl groups is 1. The zero-order valence-corrected chi connectivity index (χ0v) is 11.1. The number of likely N-dealkylation sites (N-methyl/N-ethyl adjacent to an activating group) is 1. The average molecular weight is 254 g/mol. The summed E-state index contributed by atoms with van der Waals surface area (Å²) in [5.74, 6) is -1.13. The molecule has 0 heterocycles. The highest BCUT2D eigenvalue weighted by Crippen LogP contribution is 2.32. The molecule has 1 unspecified atom stereocenters. The summed E-state index contributed by atoms with van der Waals surface area (Å²) in [4.78, 5) is 12.8. The van der Waals surface area contributed by atoms with Crippen molar-refractivity contribution in [2.45, 2.75) is 38.2 Å². The van der Waals surface area contributed by atoms with Crippen LogP contribution in [0.1, 0.15) is 32.6 Å². The van der Waals surface area contributed by atoms with Crippen LogP contribution < -0.4 is 0 Å². The van der Waals surface area contributed by atoms with E-state index in [4.69, 9.17) is 10.4 Å². The predicted molar refractivity (Wildman–Crippen MR) is 66.8 cm³/mol. The normalized spacial score (nSPS) is 29.8. The third kappa shape index (κ3) is 4.28. The second-order valence-electron chi connectivity index (χ2n) is 5.56. The fourth-order valence-corrected chi connectivity index (χ4v) is 2.64. The Morgan fingerprint density at radius 1 is 1.56 bits per heavy atom. The minimum absolute atomic E-state index is 0.0611. The molecule has 0 saturated heterocycles. The van der Waals surface area contributed by atoms with Gasteiger partial charge in [-0.2, -0.15) is 5.26 Å². The molecule has 0 aromatic heterocycles. The molecule has 0 radical (unpaired) electrons. The second-order valence-corrected chi connectivity index (χ2v) is 5.56. The Labute approximate surface area is 108 Å². The summed E-state index contributed by atoms with van der Waals surface area (Å²) in [5, 5.41) is 28.1. The van der Waals surface area contributed by atoms with E-state index in [0.717, 1.165) is 0 Å². The van der Waals surface area contributed by atoms with E-state index in [0.29, 0.717) is 38.8 Å². The van der Waals surface area contributed by atoms with Gasteiger partial charge in [-0.25, -0.2) is 0 Å². The molecule has 1 aliphatic carbocycles. The van der Waals surface area contributed by atoms with Gasteiger partial charge >= 0.3 is 5.97 Å². The van der Waals surface area contributed by atoms with Gasteiger partial charge in [-0.05, 0) is 39.7 Å². The van der Waals surface area contributed by atoms with Gasteiger partial charge < -0.3 is 15.1 Å². The summed E-state index contributed by atoms with van der Waals surface area (Å²) >= 11 is 0. The van der Waals surface area contributed by atoms with Gasteiger partial charge in [-0.1, -0.05) is 0 Å². The number of carbonyl (C=O) groups is 1. The molecule has 5 nitrogen and oxygen atoms in total. The SMILES string of the molecule is CC(C#N)CN(C)CC1(O)CCC(C(=O)O)CC1. The van der Waals surface area contributed by atoms with Crippen LogP contribution in [0.25, 0.3) is 0 Å². The maximum atomic E-state index is 10.8. The number of nitrogens with zero attached hydrogens (tertiary/aromatic N) is 2. The average Bonchev–Trinajstić information content (AvgIpc) is 2.28. The topological polar surface area (TPSA) is 84.6 Å². The number of rotatable bonds is 5. The van der Waals surface area contributed by atoms with E-state index in [1.54, 1.807) is 0 Å². The van der Waals surface area contributed by atoms with Crippen LogP contribution in [0.5, 0.6) is 0 Å². The highest BCUT2D eigenvalue weighted by Gasteiger charge is 2.36. The van der Waals surface area contributed by atoms with E-state index in [9.17, 15) is 9.90 Å². The van der Waals surface area contributed by atoms with Crippen LogP contribution in [-0.2, 0) is 4.79 Å². The molecule has 18 heavy (non-hydrogen) atoms. The van der Waals surface area contributed by atoms with Crippen molar-refractivity contribution in [3.8, 4) is 6.07 Å². The molecule has 1 fully saturated rings. The molecule has 0 aromatic carbocycles. The number of hydrogen-bond donors (Lipinski definition) is 2. The highest BCUT2D eigenvalue weighted by molar-refractivity contribution is 5.70.